The predicted molar refractivity (Wildman–Crippen MR) is 113 cm³/mol. The fourth-order valence-electron chi connectivity index (χ4n) is 3.86. The van der Waals surface area contributed by atoms with Gasteiger partial charge in [0.2, 0.25) is 11.8 Å². The van der Waals surface area contributed by atoms with E-state index in [4.69, 9.17) is 4.74 Å². The van der Waals surface area contributed by atoms with Crippen LogP contribution in [-0.4, -0.2) is 46.9 Å². The van der Waals surface area contributed by atoms with Crippen LogP contribution in [0.5, 0.6) is 11.5 Å². The number of nitrogens with zero attached hydrogens (tertiary/aromatic N) is 1. The summed E-state index contributed by atoms with van der Waals surface area (Å²) in [4.78, 5) is 49.9. The number of nitrogens with one attached hydrogen (secondary N) is 3. The van der Waals surface area contributed by atoms with Crippen molar-refractivity contribution in [2.24, 2.45) is 0 Å². The Hall–Kier alpha value is -4.08. The van der Waals surface area contributed by atoms with E-state index < -0.39 is 18.0 Å². The average molecular weight is 438 g/mol. The van der Waals surface area contributed by atoms with Crippen LogP contribution in [0.3, 0.4) is 0 Å². The van der Waals surface area contributed by atoms with E-state index in [0.717, 1.165) is 11.1 Å². The summed E-state index contributed by atoms with van der Waals surface area (Å²) in [6, 6.07) is 8.63. The highest BCUT2D eigenvalue weighted by Gasteiger charge is 2.39. The van der Waals surface area contributed by atoms with Crippen molar-refractivity contribution >= 4 is 29.4 Å². The highest BCUT2D eigenvalue weighted by atomic mass is 16.5. The van der Waals surface area contributed by atoms with Gasteiger partial charge in [0.05, 0.1) is 7.11 Å². The summed E-state index contributed by atoms with van der Waals surface area (Å²) < 4.78 is 4.97. The third-order valence-corrected chi connectivity index (χ3v) is 5.48. The zero-order chi connectivity index (χ0) is 22.8. The highest BCUT2D eigenvalue weighted by Crippen LogP contribution is 2.29. The molecule has 0 spiro atoms. The lowest BCUT2D eigenvalue weighted by atomic mass is 10.0. The lowest BCUT2D eigenvalue weighted by Crippen LogP contribution is -2.52. The van der Waals surface area contributed by atoms with Crippen LogP contribution in [0.15, 0.2) is 36.4 Å². The molecule has 10 nitrogen and oxygen atoms in total. The number of carbonyl (C=O) groups is 4. The van der Waals surface area contributed by atoms with E-state index in [0.29, 0.717) is 23.4 Å². The van der Waals surface area contributed by atoms with Crippen LogP contribution in [0.25, 0.3) is 0 Å². The molecule has 0 bridgehead atoms. The van der Waals surface area contributed by atoms with Crippen molar-refractivity contribution in [2.45, 2.75) is 32.0 Å². The number of amides is 5. The van der Waals surface area contributed by atoms with Gasteiger partial charge in [-0.2, -0.15) is 0 Å². The molecule has 2 aromatic carbocycles. The van der Waals surface area contributed by atoms with Gasteiger partial charge in [-0.1, -0.05) is 12.1 Å². The van der Waals surface area contributed by atoms with Crippen molar-refractivity contribution in [3.8, 4) is 11.5 Å². The zero-order valence-electron chi connectivity index (χ0n) is 17.3. The van der Waals surface area contributed by atoms with Gasteiger partial charge in [0, 0.05) is 36.8 Å². The van der Waals surface area contributed by atoms with E-state index in [1.807, 2.05) is 6.07 Å². The molecule has 0 aromatic heterocycles. The summed E-state index contributed by atoms with van der Waals surface area (Å²) in [7, 11) is 1.43. The third kappa shape index (κ3) is 4.20. The second-order valence-electron chi connectivity index (χ2n) is 7.59. The molecule has 1 unspecified atom stereocenters. The standard InChI is InChI=1S/C22H22N4O6/c1-32-18-6-3-14(9-17(18)27)24-22(31)23-10-12-2-4-15-13(8-12)11-26(21(15)30)16-5-7-19(28)25-20(16)29/h2-4,6,8-9,16,27H,5,7,10-11H2,1H3,(H2,23,24,31)(H,25,28,29). The maximum Gasteiger partial charge on any atom is 0.319 e. The number of anilines is 1. The number of piperidine rings is 1. The van der Waals surface area contributed by atoms with Crippen LogP contribution < -0.4 is 20.7 Å². The number of hydrogen-bond acceptors (Lipinski definition) is 6. The number of carbonyl (C=O) groups excluding carboxylic acids is 4. The number of fused-ring (bicyclic) bond motifs is 1. The minimum atomic E-state index is -0.666. The topological polar surface area (TPSA) is 137 Å². The Kier molecular flexibility index (Phi) is 5.67. The van der Waals surface area contributed by atoms with Crippen LogP contribution in [-0.2, 0) is 22.7 Å². The number of benzene rings is 2. The number of phenolic OH excluding ortho intramolecular Hbond substituents is 1. The van der Waals surface area contributed by atoms with Crippen LogP contribution in [0, 0.1) is 0 Å². The molecule has 0 saturated carbocycles. The fraction of sp³-hybridized carbons (Fsp3) is 0.273. The summed E-state index contributed by atoms with van der Waals surface area (Å²) in [5, 5.41) is 17.4. The van der Waals surface area contributed by atoms with E-state index in [1.165, 1.54) is 24.1 Å². The predicted octanol–water partition coefficient (Wildman–Crippen LogP) is 1.48. The Morgan fingerprint density at radius 1 is 1.22 bits per heavy atom. The van der Waals surface area contributed by atoms with Gasteiger partial charge in [0.1, 0.15) is 6.04 Å². The molecule has 166 valence electrons. The van der Waals surface area contributed by atoms with E-state index in [2.05, 4.69) is 16.0 Å². The van der Waals surface area contributed by atoms with E-state index >= 15 is 0 Å². The smallest absolute Gasteiger partial charge is 0.319 e. The highest BCUT2D eigenvalue weighted by molar-refractivity contribution is 6.05. The maximum atomic E-state index is 12.7. The summed E-state index contributed by atoms with van der Waals surface area (Å²) in [5.74, 6) is -0.812. The fourth-order valence-corrected chi connectivity index (χ4v) is 3.86. The molecule has 1 atom stereocenters. The Bertz CT molecular complexity index is 1120. The van der Waals surface area contributed by atoms with Gasteiger partial charge >= 0.3 is 6.03 Å². The SMILES string of the molecule is COc1ccc(NC(=O)NCc2ccc3c(c2)CN(C2CCC(=O)NC2=O)C3=O)cc1O. The summed E-state index contributed by atoms with van der Waals surface area (Å²) >= 11 is 0. The number of methoxy groups -OCH3 is 1. The molecule has 2 aromatic rings. The van der Waals surface area contributed by atoms with Gasteiger partial charge in [-0.15, -0.1) is 0 Å². The molecule has 5 amide bonds. The number of ether oxygens (including phenoxy) is 1. The molecule has 0 radical (unpaired) electrons. The lowest BCUT2D eigenvalue weighted by Gasteiger charge is -2.29. The number of aromatic hydroxyl groups is 1. The average Bonchev–Trinajstić information content (AvgIpc) is 3.08. The van der Waals surface area contributed by atoms with Crippen molar-refractivity contribution in [3.05, 3.63) is 53.1 Å². The van der Waals surface area contributed by atoms with E-state index in [1.54, 1.807) is 18.2 Å². The first kappa shape index (κ1) is 21.2. The monoisotopic (exact) mass is 438 g/mol. The Morgan fingerprint density at radius 3 is 2.75 bits per heavy atom. The molecule has 4 N–H and O–H groups in total. The first-order valence-corrected chi connectivity index (χ1v) is 10.0. The molecule has 2 heterocycles. The summed E-state index contributed by atoms with van der Waals surface area (Å²) in [6.07, 6.45) is 0.507. The first-order chi connectivity index (χ1) is 15.4. The number of phenols is 1. The van der Waals surface area contributed by atoms with Crippen molar-refractivity contribution in [1.82, 2.24) is 15.5 Å². The van der Waals surface area contributed by atoms with Gasteiger partial charge in [0.25, 0.3) is 5.91 Å². The second-order valence-corrected chi connectivity index (χ2v) is 7.59. The molecule has 0 aliphatic carbocycles. The second kappa shape index (κ2) is 8.58. The van der Waals surface area contributed by atoms with E-state index in [-0.39, 0.29) is 37.1 Å². The molecule has 10 heteroatoms. The number of rotatable bonds is 5. The van der Waals surface area contributed by atoms with Crippen LogP contribution in [0.2, 0.25) is 0 Å². The van der Waals surface area contributed by atoms with Gasteiger partial charge < -0.3 is 25.4 Å². The van der Waals surface area contributed by atoms with Crippen LogP contribution in [0.4, 0.5) is 10.5 Å². The van der Waals surface area contributed by atoms with E-state index in [9.17, 15) is 24.3 Å². The maximum absolute atomic E-state index is 12.7. The van der Waals surface area contributed by atoms with Gasteiger partial charge in [-0.3, -0.25) is 19.7 Å². The van der Waals surface area contributed by atoms with Crippen molar-refractivity contribution in [1.29, 1.82) is 0 Å². The largest absolute Gasteiger partial charge is 0.504 e. The quantitative estimate of drug-likeness (QED) is 0.522. The van der Waals surface area contributed by atoms with Gasteiger partial charge in [-0.05, 0) is 35.7 Å². The molecular formula is C22H22N4O6. The molecule has 4 rings (SSSR count). The Balaban J connectivity index is 1.37. The van der Waals surface area contributed by atoms with Crippen molar-refractivity contribution in [2.75, 3.05) is 12.4 Å². The van der Waals surface area contributed by atoms with Crippen molar-refractivity contribution in [3.63, 3.8) is 0 Å². The lowest BCUT2D eigenvalue weighted by molar-refractivity contribution is -0.136. The number of hydrogen-bond donors (Lipinski definition) is 4. The van der Waals surface area contributed by atoms with Crippen LogP contribution >= 0.6 is 0 Å². The summed E-state index contributed by atoms with van der Waals surface area (Å²) in [5.41, 5.74) is 2.46. The Labute approximate surface area is 183 Å². The van der Waals surface area contributed by atoms with Crippen LogP contribution in [0.1, 0.15) is 34.3 Å². The zero-order valence-corrected chi connectivity index (χ0v) is 17.3. The summed E-state index contributed by atoms with van der Waals surface area (Å²) in [6.45, 7) is 0.486. The molecule has 1 fully saturated rings. The number of imide groups is 1. The normalized spacial score (nSPS) is 17.6. The number of urea groups is 1. The molecule has 1 saturated heterocycles. The molecule has 32 heavy (non-hydrogen) atoms. The minimum absolute atomic E-state index is 0.0887. The van der Waals surface area contributed by atoms with Crippen molar-refractivity contribution < 1.29 is 29.0 Å². The minimum Gasteiger partial charge on any atom is -0.504 e. The Morgan fingerprint density at radius 2 is 2.03 bits per heavy atom. The molecule has 2 aliphatic heterocycles. The third-order valence-electron chi connectivity index (χ3n) is 5.48. The molecular weight excluding hydrogens is 416 g/mol. The van der Waals surface area contributed by atoms with Gasteiger partial charge in [-0.25, -0.2) is 4.79 Å². The van der Waals surface area contributed by atoms with Gasteiger partial charge in [0.15, 0.2) is 11.5 Å². The first-order valence-electron chi connectivity index (χ1n) is 10.0. The molecule has 2 aliphatic rings.